The highest BCUT2D eigenvalue weighted by Gasteiger charge is 2.15. The van der Waals surface area contributed by atoms with Gasteiger partial charge in [-0.15, -0.1) is 10.2 Å². The molecule has 1 aromatic carbocycles. The van der Waals surface area contributed by atoms with Gasteiger partial charge in [0.2, 0.25) is 0 Å². The van der Waals surface area contributed by atoms with Crippen molar-refractivity contribution in [2.75, 3.05) is 5.75 Å². The van der Waals surface area contributed by atoms with Crippen LogP contribution in [0.25, 0.3) is 5.69 Å². The third-order valence-electron chi connectivity index (χ3n) is 2.29. The van der Waals surface area contributed by atoms with Crippen molar-refractivity contribution >= 4 is 45.3 Å². The maximum Gasteiger partial charge on any atom is 0.313 e. The van der Waals surface area contributed by atoms with E-state index in [1.54, 1.807) is 17.6 Å². The molecule has 1 aromatic heterocycles. The largest absolute Gasteiger partial charge is 0.481 e. The quantitative estimate of drug-likeness (QED) is 0.846. The Kier molecular flexibility index (Phi) is 4.49. The summed E-state index contributed by atoms with van der Waals surface area (Å²) in [5.74, 6) is -0.311. The Labute approximate surface area is 127 Å². The Hall–Kier alpha value is -1.05. The second-order valence-corrected chi connectivity index (χ2v) is 5.76. The predicted molar refractivity (Wildman–Crippen MR) is 77.2 cm³/mol. The summed E-state index contributed by atoms with van der Waals surface area (Å²) in [6.07, 6.45) is 0. The van der Waals surface area contributed by atoms with Gasteiger partial charge in [-0.05, 0) is 35.0 Å². The monoisotopic (exact) mass is 361 g/mol. The number of benzene rings is 1. The molecule has 0 atom stereocenters. The zero-order chi connectivity index (χ0) is 14.0. The van der Waals surface area contributed by atoms with Crippen LogP contribution < -0.4 is 0 Å². The molecule has 8 heteroatoms. The van der Waals surface area contributed by atoms with Gasteiger partial charge in [0.15, 0.2) is 5.16 Å². The van der Waals surface area contributed by atoms with Gasteiger partial charge in [-0.3, -0.25) is 9.36 Å². The van der Waals surface area contributed by atoms with Crippen molar-refractivity contribution in [2.45, 2.75) is 12.1 Å². The van der Waals surface area contributed by atoms with Gasteiger partial charge in [-0.25, -0.2) is 0 Å². The van der Waals surface area contributed by atoms with Crippen molar-refractivity contribution < 1.29 is 9.90 Å². The second kappa shape index (κ2) is 5.94. The lowest BCUT2D eigenvalue weighted by molar-refractivity contribution is -0.133. The van der Waals surface area contributed by atoms with Crippen LogP contribution in [0.3, 0.4) is 0 Å². The van der Waals surface area contributed by atoms with E-state index in [0.717, 1.165) is 21.9 Å². The third kappa shape index (κ3) is 3.10. The topological polar surface area (TPSA) is 68.0 Å². The minimum absolute atomic E-state index is 0.0731. The highest BCUT2D eigenvalue weighted by atomic mass is 79.9. The van der Waals surface area contributed by atoms with Crippen LogP contribution in [0.1, 0.15) is 5.82 Å². The molecule has 0 aliphatic rings. The Morgan fingerprint density at radius 3 is 2.95 bits per heavy atom. The molecule has 100 valence electrons. The van der Waals surface area contributed by atoms with E-state index in [4.69, 9.17) is 16.7 Å². The molecule has 2 rings (SSSR count). The fourth-order valence-corrected chi connectivity index (χ4v) is 2.83. The first kappa shape index (κ1) is 14.4. The number of aromatic nitrogens is 3. The molecule has 0 radical (unpaired) electrons. The van der Waals surface area contributed by atoms with Crippen molar-refractivity contribution in [3.05, 3.63) is 33.5 Å². The van der Waals surface area contributed by atoms with E-state index in [1.165, 1.54) is 0 Å². The molecular weight excluding hydrogens is 354 g/mol. The number of thioether (sulfide) groups is 1. The van der Waals surface area contributed by atoms with Crippen LogP contribution in [0.2, 0.25) is 5.02 Å². The van der Waals surface area contributed by atoms with Crippen molar-refractivity contribution in [3.63, 3.8) is 0 Å². The minimum atomic E-state index is -0.901. The summed E-state index contributed by atoms with van der Waals surface area (Å²) in [4.78, 5) is 10.6. The summed E-state index contributed by atoms with van der Waals surface area (Å²) in [7, 11) is 0. The standard InChI is InChI=1S/C11H9BrClN3O2S/c1-6-14-15-11(19-5-9(17)18)16(6)8-4-2-3-7(13)10(8)12/h2-4H,5H2,1H3,(H,17,18). The number of carboxylic acid groups (broad SMARTS) is 1. The number of halogens is 2. The molecule has 0 saturated carbocycles. The van der Waals surface area contributed by atoms with Gasteiger partial charge in [0, 0.05) is 0 Å². The predicted octanol–water partition coefficient (Wildman–Crippen LogP) is 3.17. The number of rotatable bonds is 4. The fourth-order valence-electron chi connectivity index (χ4n) is 1.51. The number of carbonyl (C=O) groups is 1. The van der Waals surface area contributed by atoms with E-state index in [9.17, 15) is 4.79 Å². The zero-order valence-corrected chi connectivity index (χ0v) is 13.0. The van der Waals surface area contributed by atoms with Crippen LogP contribution in [0.15, 0.2) is 27.8 Å². The van der Waals surface area contributed by atoms with Crippen LogP contribution in [0.4, 0.5) is 0 Å². The summed E-state index contributed by atoms with van der Waals surface area (Å²) in [5.41, 5.74) is 0.780. The van der Waals surface area contributed by atoms with Crippen LogP contribution in [0.5, 0.6) is 0 Å². The molecule has 0 aliphatic heterocycles. The molecule has 0 fully saturated rings. The first-order valence-electron chi connectivity index (χ1n) is 5.21. The summed E-state index contributed by atoms with van der Waals surface area (Å²) >= 11 is 10.6. The molecule has 0 aliphatic carbocycles. The van der Waals surface area contributed by atoms with Crippen molar-refractivity contribution in [2.24, 2.45) is 0 Å². The van der Waals surface area contributed by atoms with E-state index >= 15 is 0 Å². The van der Waals surface area contributed by atoms with E-state index in [1.807, 2.05) is 12.1 Å². The lowest BCUT2D eigenvalue weighted by Gasteiger charge is -2.10. The molecule has 0 amide bonds. The van der Waals surface area contributed by atoms with Crippen molar-refractivity contribution in [3.8, 4) is 5.69 Å². The van der Waals surface area contributed by atoms with Crippen molar-refractivity contribution in [1.82, 2.24) is 14.8 Å². The van der Waals surface area contributed by atoms with Crippen LogP contribution in [-0.2, 0) is 4.79 Å². The number of nitrogens with zero attached hydrogens (tertiary/aromatic N) is 3. The Morgan fingerprint density at radius 1 is 1.53 bits per heavy atom. The molecule has 0 spiro atoms. The Balaban J connectivity index is 2.46. The molecule has 2 aromatic rings. The van der Waals surface area contributed by atoms with Crippen LogP contribution in [-0.4, -0.2) is 31.6 Å². The summed E-state index contributed by atoms with van der Waals surface area (Å²) in [5, 5.41) is 17.8. The molecule has 0 bridgehead atoms. The average Bonchev–Trinajstić information content (AvgIpc) is 2.72. The minimum Gasteiger partial charge on any atom is -0.481 e. The lowest BCUT2D eigenvalue weighted by atomic mass is 10.3. The molecule has 19 heavy (non-hydrogen) atoms. The summed E-state index contributed by atoms with van der Waals surface area (Å²) in [6.45, 7) is 1.80. The first-order valence-corrected chi connectivity index (χ1v) is 7.37. The molecule has 5 nitrogen and oxygen atoms in total. The normalized spacial score (nSPS) is 10.7. The zero-order valence-electron chi connectivity index (χ0n) is 9.80. The fraction of sp³-hybridized carbons (Fsp3) is 0.182. The SMILES string of the molecule is Cc1nnc(SCC(=O)O)n1-c1cccc(Cl)c1Br. The lowest BCUT2D eigenvalue weighted by Crippen LogP contribution is -2.03. The maximum absolute atomic E-state index is 10.6. The number of aryl methyl sites for hydroxylation is 1. The second-order valence-electron chi connectivity index (χ2n) is 3.62. The first-order chi connectivity index (χ1) is 9.00. The molecule has 1 N–H and O–H groups in total. The van der Waals surface area contributed by atoms with Gasteiger partial charge in [-0.1, -0.05) is 29.4 Å². The third-order valence-corrected chi connectivity index (χ3v) is 4.58. The number of aliphatic carboxylic acids is 1. The van der Waals surface area contributed by atoms with Gasteiger partial charge < -0.3 is 5.11 Å². The maximum atomic E-state index is 10.6. The van der Waals surface area contributed by atoms with Crippen LogP contribution >= 0.6 is 39.3 Å². The van der Waals surface area contributed by atoms with E-state index in [2.05, 4.69) is 26.1 Å². The van der Waals surface area contributed by atoms with Crippen molar-refractivity contribution in [1.29, 1.82) is 0 Å². The Bertz CT molecular complexity index is 632. The summed E-state index contributed by atoms with van der Waals surface area (Å²) < 4.78 is 2.49. The van der Waals surface area contributed by atoms with Gasteiger partial charge in [0.1, 0.15) is 5.82 Å². The molecule has 0 saturated heterocycles. The van der Waals surface area contributed by atoms with E-state index < -0.39 is 5.97 Å². The van der Waals surface area contributed by atoms with E-state index in [0.29, 0.717) is 16.0 Å². The van der Waals surface area contributed by atoms with Gasteiger partial charge in [0.05, 0.1) is 20.9 Å². The van der Waals surface area contributed by atoms with Gasteiger partial charge in [-0.2, -0.15) is 0 Å². The highest BCUT2D eigenvalue weighted by Crippen LogP contribution is 2.32. The van der Waals surface area contributed by atoms with Crippen LogP contribution in [0, 0.1) is 6.92 Å². The number of hydrogen-bond donors (Lipinski definition) is 1. The number of carboxylic acids is 1. The molecule has 0 unspecified atom stereocenters. The van der Waals surface area contributed by atoms with E-state index in [-0.39, 0.29) is 5.75 Å². The number of hydrogen-bond acceptors (Lipinski definition) is 4. The highest BCUT2D eigenvalue weighted by molar-refractivity contribution is 9.10. The van der Waals surface area contributed by atoms with Gasteiger partial charge in [0.25, 0.3) is 0 Å². The average molecular weight is 363 g/mol. The molecule has 1 heterocycles. The summed E-state index contributed by atoms with van der Waals surface area (Å²) in [6, 6.07) is 5.43. The smallest absolute Gasteiger partial charge is 0.313 e. The van der Waals surface area contributed by atoms with Gasteiger partial charge >= 0.3 is 5.97 Å². The Morgan fingerprint density at radius 2 is 2.26 bits per heavy atom. The molecular formula is C11H9BrClN3O2S.